The molecule has 148 valence electrons. The molecule has 1 aromatic heterocycles. The number of carbonyl (C=O) groups excluding carboxylic acids is 1. The highest BCUT2D eigenvalue weighted by atomic mass is 16.5. The second-order valence-electron chi connectivity index (χ2n) is 7.22. The van der Waals surface area contributed by atoms with Gasteiger partial charge in [0.2, 0.25) is 0 Å². The van der Waals surface area contributed by atoms with Crippen molar-refractivity contribution in [1.82, 2.24) is 9.88 Å². The molecule has 2 N–H and O–H groups in total. The second kappa shape index (κ2) is 7.83. The summed E-state index contributed by atoms with van der Waals surface area (Å²) in [5.74, 6) is 0.976. The van der Waals surface area contributed by atoms with E-state index in [-0.39, 0.29) is 5.56 Å². The molecule has 0 spiro atoms. The average molecular weight is 389 g/mol. The zero-order valence-corrected chi connectivity index (χ0v) is 16.5. The molecule has 1 aliphatic heterocycles. The number of urea groups is 1. The van der Waals surface area contributed by atoms with E-state index < -0.39 is 6.03 Å². The normalized spacial score (nSPS) is 12.2. The third-order valence-corrected chi connectivity index (χ3v) is 5.15. The van der Waals surface area contributed by atoms with Crippen LogP contribution in [-0.4, -0.2) is 17.2 Å². The average Bonchev–Trinajstić information content (AvgIpc) is 3.21. The minimum atomic E-state index is -0.404. The van der Waals surface area contributed by atoms with Crippen LogP contribution in [0.4, 0.5) is 10.5 Å². The lowest BCUT2D eigenvalue weighted by Gasteiger charge is -2.11. The summed E-state index contributed by atoms with van der Waals surface area (Å²) in [6.45, 7) is 2.91. The number of nitrogens with one attached hydrogen (secondary N) is 2. The van der Waals surface area contributed by atoms with E-state index in [0.29, 0.717) is 12.2 Å². The first kappa shape index (κ1) is 18.8. The molecule has 0 saturated heterocycles. The molecule has 29 heavy (non-hydrogen) atoms. The van der Waals surface area contributed by atoms with Gasteiger partial charge in [0.05, 0.1) is 6.61 Å². The van der Waals surface area contributed by atoms with Crippen LogP contribution in [0.15, 0.2) is 59.5 Å². The highest BCUT2D eigenvalue weighted by Crippen LogP contribution is 2.30. The Kier molecular flexibility index (Phi) is 5.08. The Labute approximate surface area is 169 Å². The minimum absolute atomic E-state index is 0.232. The Morgan fingerprint density at radius 2 is 1.86 bits per heavy atom. The van der Waals surface area contributed by atoms with Crippen LogP contribution in [0.25, 0.3) is 11.1 Å². The van der Waals surface area contributed by atoms with Crippen molar-refractivity contribution in [2.24, 2.45) is 7.05 Å². The van der Waals surface area contributed by atoms with Crippen LogP contribution in [0.3, 0.4) is 0 Å². The van der Waals surface area contributed by atoms with Gasteiger partial charge in [0, 0.05) is 26.2 Å². The van der Waals surface area contributed by atoms with Crippen molar-refractivity contribution in [2.45, 2.75) is 19.9 Å². The number of rotatable bonds is 4. The lowest BCUT2D eigenvalue weighted by atomic mass is 10.0. The standard InChI is InChI=1S/C23H23N3O3/c1-15-9-11-26(2)22(27)21(15)25-23(28)24-14-16-3-5-17(6-4-16)18-7-8-20-19(13-18)10-12-29-20/h3-9,11,13H,10,12,14H2,1-2H3,(H2,24,25,28). The smallest absolute Gasteiger partial charge is 0.319 e. The van der Waals surface area contributed by atoms with Crippen LogP contribution in [0.5, 0.6) is 5.75 Å². The maximum Gasteiger partial charge on any atom is 0.319 e. The predicted molar refractivity (Wildman–Crippen MR) is 113 cm³/mol. The SMILES string of the molecule is Cc1ccn(C)c(=O)c1NC(=O)NCc1ccc(-c2ccc3c(c2)CCO3)cc1. The Bertz CT molecular complexity index is 1120. The van der Waals surface area contributed by atoms with Crippen LogP contribution in [0.2, 0.25) is 0 Å². The fourth-order valence-electron chi connectivity index (χ4n) is 3.39. The molecule has 0 radical (unpaired) electrons. The molecular formula is C23H23N3O3. The van der Waals surface area contributed by atoms with Crippen molar-refractivity contribution in [3.8, 4) is 16.9 Å². The Balaban J connectivity index is 1.39. The number of amides is 2. The lowest BCUT2D eigenvalue weighted by molar-refractivity contribution is 0.251. The van der Waals surface area contributed by atoms with Gasteiger partial charge in [-0.1, -0.05) is 30.3 Å². The molecule has 0 unspecified atom stereocenters. The third-order valence-electron chi connectivity index (χ3n) is 5.15. The quantitative estimate of drug-likeness (QED) is 0.716. The molecule has 4 rings (SSSR count). The lowest BCUT2D eigenvalue weighted by Crippen LogP contribution is -2.32. The number of aryl methyl sites for hydroxylation is 2. The summed E-state index contributed by atoms with van der Waals surface area (Å²) in [5, 5.41) is 5.46. The van der Waals surface area contributed by atoms with Gasteiger partial charge in [-0.15, -0.1) is 0 Å². The van der Waals surface area contributed by atoms with Gasteiger partial charge in [0.15, 0.2) is 0 Å². The number of nitrogens with zero attached hydrogens (tertiary/aromatic N) is 1. The summed E-state index contributed by atoms with van der Waals surface area (Å²) >= 11 is 0. The number of aromatic nitrogens is 1. The summed E-state index contributed by atoms with van der Waals surface area (Å²) in [7, 11) is 1.65. The highest BCUT2D eigenvalue weighted by molar-refractivity contribution is 5.89. The van der Waals surface area contributed by atoms with Crippen molar-refractivity contribution in [3.05, 3.63) is 81.8 Å². The molecule has 6 heteroatoms. The first-order valence-corrected chi connectivity index (χ1v) is 9.57. The molecule has 0 saturated carbocycles. The molecule has 1 aliphatic rings. The molecule has 0 fully saturated rings. The van der Waals surface area contributed by atoms with E-state index in [1.807, 2.05) is 30.3 Å². The molecular weight excluding hydrogens is 366 g/mol. The summed E-state index contributed by atoms with van der Waals surface area (Å²) in [4.78, 5) is 24.4. The van der Waals surface area contributed by atoms with E-state index in [4.69, 9.17) is 4.74 Å². The fraction of sp³-hybridized carbons (Fsp3) is 0.217. The van der Waals surface area contributed by atoms with Crippen molar-refractivity contribution in [1.29, 1.82) is 0 Å². The van der Waals surface area contributed by atoms with Crippen molar-refractivity contribution in [3.63, 3.8) is 0 Å². The van der Waals surface area contributed by atoms with Crippen molar-refractivity contribution >= 4 is 11.7 Å². The minimum Gasteiger partial charge on any atom is -0.493 e. The van der Waals surface area contributed by atoms with Gasteiger partial charge in [0.25, 0.3) is 5.56 Å². The van der Waals surface area contributed by atoms with Gasteiger partial charge in [-0.3, -0.25) is 4.79 Å². The van der Waals surface area contributed by atoms with Gasteiger partial charge < -0.3 is 19.9 Å². The number of fused-ring (bicyclic) bond motifs is 1. The molecule has 0 aliphatic carbocycles. The summed E-state index contributed by atoms with van der Waals surface area (Å²) in [6, 6.07) is 15.7. The predicted octanol–water partition coefficient (Wildman–Crippen LogP) is 3.62. The first-order valence-electron chi connectivity index (χ1n) is 9.57. The Morgan fingerprint density at radius 1 is 1.10 bits per heavy atom. The fourth-order valence-corrected chi connectivity index (χ4v) is 3.39. The van der Waals surface area contributed by atoms with Gasteiger partial charge in [-0.25, -0.2) is 4.79 Å². The number of benzene rings is 2. The number of ether oxygens (including phenoxy) is 1. The van der Waals surface area contributed by atoms with E-state index in [0.717, 1.165) is 41.0 Å². The van der Waals surface area contributed by atoms with Crippen LogP contribution in [-0.2, 0) is 20.0 Å². The Morgan fingerprint density at radius 3 is 2.66 bits per heavy atom. The molecule has 2 amide bonds. The Hall–Kier alpha value is -3.54. The maximum absolute atomic E-state index is 12.2. The molecule has 2 aromatic carbocycles. The zero-order valence-electron chi connectivity index (χ0n) is 16.5. The molecule has 3 aromatic rings. The van der Waals surface area contributed by atoms with E-state index in [9.17, 15) is 9.59 Å². The topological polar surface area (TPSA) is 72.4 Å². The van der Waals surface area contributed by atoms with E-state index in [1.54, 1.807) is 26.2 Å². The van der Waals surface area contributed by atoms with E-state index in [1.165, 1.54) is 10.1 Å². The van der Waals surface area contributed by atoms with Crippen LogP contribution in [0, 0.1) is 6.92 Å². The number of anilines is 1. The van der Waals surface area contributed by atoms with Gasteiger partial charge >= 0.3 is 6.03 Å². The number of pyridine rings is 1. The van der Waals surface area contributed by atoms with Crippen LogP contribution in [0.1, 0.15) is 16.7 Å². The highest BCUT2D eigenvalue weighted by Gasteiger charge is 2.13. The molecule has 6 nitrogen and oxygen atoms in total. The van der Waals surface area contributed by atoms with Crippen molar-refractivity contribution in [2.75, 3.05) is 11.9 Å². The van der Waals surface area contributed by atoms with Crippen LogP contribution >= 0.6 is 0 Å². The molecule has 0 atom stereocenters. The number of carbonyl (C=O) groups is 1. The van der Waals surface area contributed by atoms with E-state index in [2.05, 4.69) is 22.8 Å². The summed E-state index contributed by atoms with van der Waals surface area (Å²) < 4.78 is 7.00. The van der Waals surface area contributed by atoms with Gasteiger partial charge in [-0.2, -0.15) is 0 Å². The first-order chi connectivity index (χ1) is 14.0. The van der Waals surface area contributed by atoms with Gasteiger partial charge in [0.1, 0.15) is 11.4 Å². The maximum atomic E-state index is 12.2. The summed E-state index contributed by atoms with van der Waals surface area (Å²) in [5.41, 5.74) is 5.29. The number of hydrogen-bond acceptors (Lipinski definition) is 3. The summed E-state index contributed by atoms with van der Waals surface area (Å²) in [6.07, 6.45) is 2.63. The third kappa shape index (κ3) is 4.01. The van der Waals surface area contributed by atoms with E-state index >= 15 is 0 Å². The van der Waals surface area contributed by atoms with Gasteiger partial charge in [-0.05, 0) is 52.9 Å². The zero-order chi connectivity index (χ0) is 20.4. The molecule has 2 heterocycles. The second-order valence-corrected chi connectivity index (χ2v) is 7.22. The number of hydrogen-bond donors (Lipinski definition) is 2. The monoisotopic (exact) mass is 389 g/mol. The molecule has 0 bridgehead atoms. The van der Waals surface area contributed by atoms with Crippen LogP contribution < -0.4 is 20.9 Å². The largest absolute Gasteiger partial charge is 0.493 e. The van der Waals surface area contributed by atoms with Crippen molar-refractivity contribution < 1.29 is 9.53 Å².